The Kier molecular flexibility index (Phi) is 2.27. The predicted molar refractivity (Wildman–Crippen MR) is 36.6 cm³/mol. The van der Waals surface area contributed by atoms with Crippen molar-refractivity contribution in [2.75, 3.05) is 6.54 Å². The molecule has 0 aliphatic heterocycles. The van der Waals surface area contributed by atoms with Crippen molar-refractivity contribution in [1.29, 1.82) is 0 Å². The molecule has 0 aromatic carbocycles. The van der Waals surface area contributed by atoms with Gasteiger partial charge in [0.05, 0.1) is 20.0 Å². The van der Waals surface area contributed by atoms with Crippen molar-refractivity contribution >= 4 is 5.78 Å². The zero-order valence-electron chi connectivity index (χ0n) is 6.19. The molecule has 1 aromatic heterocycles. The summed E-state index contributed by atoms with van der Waals surface area (Å²) in [7, 11) is 1.64. The van der Waals surface area contributed by atoms with Crippen LogP contribution < -0.4 is 5.73 Å². The number of aryl methyl sites for hydroxylation is 1. The van der Waals surface area contributed by atoms with Crippen LogP contribution in [-0.2, 0) is 18.3 Å². The van der Waals surface area contributed by atoms with Crippen LogP contribution in [0.5, 0.6) is 0 Å². The van der Waals surface area contributed by atoms with Gasteiger partial charge in [-0.05, 0) is 5.21 Å². The zero-order chi connectivity index (χ0) is 8.27. The fraction of sp³-hybridized carbons (Fsp3) is 0.600. The highest BCUT2D eigenvalue weighted by Crippen LogP contribution is 1.86. The van der Waals surface area contributed by atoms with Crippen LogP contribution in [0.3, 0.4) is 0 Å². The van der Waals surface area contributed by atoms with Gasteiger partial charge in [0.1, 0.15) is 0 Å². The highest BCUT2D eigenvalue weighted by Gasteiger charge is 2.05. The number of tetrazole rings is 1. The number of nitrogens with two attached hydrogens (primary N) is 1. The van der Waals surface area contributed by atoms with E-state index in [0.29, 0.717) is 5.82 Å². The lowest BCUT2D eigenvalue weighted by molar-refractivity contribution is -0.117. The van der Waals surface area contributed by atoms with E-state index in [0.717, 1.165) is 0 Å². The molecule has 0 saturated carbocycles. The monoisotopic (exact) mass is 155 g/mol. The van der Waals surface area contributed by atoms with Crippen molar-refractivity contribution in [1.82, 2.24) is 20.2 Å². The Balaban J connectivity index is 2.57. The summed E-state index contributed by atoms with van der Waals surface area (Å²) in [6.07, 6.45) is 0.171. The van der Waals surface area contributed by atoms with Crippen LogP contribution in [0.2, 0.25) is 0 Å². The van der Waals surface area contributed by atoms with Crippen LogP contribution in [0.4, 0.5) is 0 Å². The van der Waals surface area contributed by atoms with Gasteiger partial charge in [0.2, 0.25) is 0 Å². The largest absolute Gasteiger partial charge is 0.324 e. The minimum absolute atomic E-state index is 0.0260. The van der Waals surface area contributed by atoms with Gasteiger partial charge in [-0.2, -0.15) is 4.80 Å². The van der Waals surface area contributed by atoms with Crippen LogP contribution in [0.1, 0.15) is 5.82 Å². The summed E-state index contributed by atoms with van der Waals surface area (Å²) in [6.45, 7) is 0.0260. The molecular formula is C5H9N5O. The van der Waals surface area contributed by atoms with Gasteiger partial charge in [-0.15, -0.1) is 10.2 Å². The quantitative estimate of drug-likeness (QED) is 0.561. The molecule has 6 nitrogen and oxygen atoms in total. The molecule has 0 aliphatic carbocycles. The highest BCUT2D eigenvalue weighted by atomic mass is 16.1. The summed E-state index contributed by atoms with van der Waals surface area (Å²) in [5.41, 5.74) is 5.09. The number of nitrogens with zero attached hydrogens (tertiary/aromatic N) is 4. The van der Waals surface area contributed by atoms with E-state index in [1.807, 2.05) is 0 Å². The molecule has 1 rings (SSSR count). The van der Waals surface area contributed by atoms with Crippen LogP contribution in [-0.4, -0.2) is 32.5 Å². The van der Waals surface area contributed by atoms with Crippen molar-refractivity contribution < 1.29 is 4.79 Å². The molecule has 0 fully saturated rings. The number of aromatic nitrogens is 4. The maximum absolute atomic E-state index is 10.7. The minimum Gasteiger partial charge on any atom is -0.324 e. The summed E-state index contributed by atoms with van der Waals surface area (Å²) in [5.74, 6) is 0.334. The normalized spacial score (nSPS) is 10.0. The van der Waals surface area contributed by atoms with E-state index in [9.17, 15) is 4.79 Å². The average Bonchev–Trinajstić information content (AvgIpc) is 2.35. The molecule has 0 radical (unpaired) electrons. The molecule has 0 spiro atoms. The summed E-state index contributed by atoms with van der Waals surface area (Å²) in [4.78, 5) is 12.1. The van der Waals surface area contributed by atoms with E-state index in [2.05, 4.69) is 15.4 Å². The van der Waals surface area contributed by atoms with Crippen LogP contribution in [0.25, 0.3) is 0 Å². The molecule has 0 atom stereocenters. The van der Waals surface area contributed by atoms with Gasteiger partial charge < -0.3 is 5.73 Å². The first-order valence-electron chi connectivity index (χ1n) is 3.17. The summed E-state index contributed by atoms with van der Waals surface area (Å²) >= 11 is 0. The third-order valence-electron chi connectivity index (χ3n) is 1.13. The SMILES string of the molecule is Cn1nnc(CC(=O)CN)n1. The van der Waals surface area contributed by atoms with Crippen molar-refractivity contribution in [3.8, 4) is 0 Å². The molecule has 0 aliphatic rings. The standard InChI is InChI=1S/C5H9N5O/c1-10-8-5(7-9-10)2-4(11)3-6/h2-3,6H2,1H3. The second-order valence-electron chi connectivity index (χ2n) is 2.11. The summed E-state index contributed by atoms with van der Waals surface area (Å²) in [6, 6.07) is 0. The maximum atomic E-state index is 10.7. The van der Waals surface area contributed by atoms with Gasteiger partial charge in [0, 0.05) is 0 Å². The number of carbonyl (C=O) groups is 1. The first-order chi connectivity index (χ1) is 5.22. The third-order valence-corrected chi connectivity index (χ3v) is 1.13. The number of carbonyl (C=O) groups excluding carboxylic acids is 1. The average molecular weight is 155 g/mol. The predicted octanol–water partition coefficient (Wildman–Crippen LogP) is -1.72. The summed E-state index contributed by atoms with van der Waals surface area (Å²) < 4.78 is 0. The number of hydrogen-bond acceptors (Lipinski definition) is 5. The minimum atomic E-state index is -0.0852. The van der Waals surface area contributed by atoms with E-state index in [1.54, 1.807) is 7.05 Å². The van der Waals surface area contributed by atoms with Crippen molar-refractivity contribution in [3.63, 3.8) is 0 Å². The van der Waals surface area contributed by atoms with Crippen molar-refractivity contribution in [2.24, 2.45) is 12.8 Å². The van der Waals surface area contributed by atoms with Gasteiger partial charge >= 0.3 is 0 Å². The number of Topliss-reactive ketones (excluding diaryl/α,β-unsaturated/α-hetero) is 1. The number of hydrogen-bond donors (Lipinski definition) is 1. The van der Waals surface area contributed by atoms with Crippen LogP contribution in [0, 0.1) is 0 Å². The lowest BCUT2D eigenvalue weighted by Gasteiger charge is -1.88. The third kappa shape index (κ3) is 2.08. The second-order valence-corrected chi connectivity index (χ2v) is 2.11. The Morgan fingerprint density at radius 1 is 1.73 bits per heavy atom. The highest BCUT2D eigenvalue weighted by molar-refractivity contribution is 5.81. The topological polar surface area (TPSA) is 86.7 Å². The molecule has 1 aromatic rings. The van der Waals surface area contributed by atoms with E-state index in [1.165, 1.54) is 4.80 Å². The number of rotatable bonds is 3. The second kappa shape index (κ2) is 3.20. The van der Waals surface area contributed by atoms with Crippen LogP contribution >= 0.6 is 0 Å². The Hall–Kier alpha value is -1.30. The Labute approximate surface area is 63.4 Å². The van der Waals surface area contributed by atoms with E-state index < -0.39 is 0 Å². The molecule has 0 unspecified atom stereocenters. The van der Waals surface area contributed by atoms with Gasteiger partial charge in [-0.1, -0.05) is 0 Å². The Bertz CT molecular complexity index is 255. The molecule has 0 bridgehead atoms. The summed E-state index contributed by atoms with van der Waals surface area (Å²) in [5, 5.41) is 11.0. The molecule has 0 saturated heterocycles. The molecule has 11 heavy (non-hydrogen) atoms. The van der Waals surface area contributed by atoms with E-state index in [-0.39, 0.29) is 18.7 Å². The molecule has 6 heteroatoms. The van der Waals surface area contributed by atoms with Crippen LogP contribution in [0.15, 0.2) is 0 Å². The first kappa shape index (κ1) is 7.80. The molecule has 60 valence electrons. The van der Waals surface area contributed by atoms with E-state index >= 15 is 0 Å². The van der Waals surface area contributed by atoms with Gasteiger partial charge in [0.15, 0.2) is 11.6 Å². The number of ketones is 1. The molecule has 0 amide bonds. The lowest BCUT2D eigenvalue weighted by Crippen LogP contribution is -2.16. The fourth-order valence-corrected chi connectivity index (χ4v) is 0.643. The fourth-order valence-electron chi connectivity index (χ4n) is 0.643. The lowest BCUT2D eigenvalue weighted by atomic mass is 10.3. The zero-order valence-corrected chi connectivity index (χ0v) is 6.19. The van der Waals surface area contributed by atoms with Gasteiger partial charge in [0.25, 0.3) is 0 Å². The van der Waals surface area contributed by atoms with Gasteiger partial charge in [-0.25, -0.2) is 0 Å². The van der Waals surface area contributed by atoms with Crippen molar-refractivity contribution in [3.05, 3.63) is 5.82 Å². The Morgan fingerprint density at radius 3 is 2.91 bits per heavy atom. The first-order valence-corrected chi connectivity index (χ1v) is 3.17. The smallest absolute Gasteiger partial charge is 0.182 e. The van der Waals surface area contributed by atoms with E-state index in [4.69, 9.17) is 5.73 Å². The van der Waals surface area contributed by atoms with Gasteiger partial charge in [-0.3, -0.25) is 4.79 Å². The Morgan fingerprint density at radius 2 is 2.45 bits per heavy atom. The van der Waals surface area contributed by atoms with Crippen molar-refractivity contribution in [2.45, 2.75) is 6.42 Å². The molecule has 1 heterocycles. The molecular weight excluding hydrogens is 146 g/mol. The molecule has 2 N–H and O–H groups in total. The maximum Gasteiger partial charge on any atom is 0.182 e.